The lowest BCUT2D eigenvalue weighted by atomic mass is 9.91. The van der Waals surface area contributed by atoms with Crippen LogP contribution in [0.1, 0.15) is 42.6 Å². The Morgan fingerprint density at radius 3 is 2.38 bits per heavy atom. The van der Waals surface area contributed by atoms with Gasteiger partial charge in [0.1, 0.15) is 23.7 Å². The highest BCUT2D eigenvalue weighted by atomic mass is 19.1. The van der Waals surface area contributed by atoms with Gasteiger partial charge < -0.3 is 16.0 Å². The number of fused-ring (bicyclic) bond motifs is 1. The maximum Gasteiger partial charge on any atom is 0.247 e. The van der Waals surface area contributed by atoms with E-state index in [1.807, 2.05) is 19.1 Å². The molecule has 0 aromatic heterocycles. The van der Waals surface area contributed by atoms with Gasteiger partial charge in [-0.1, -0.05) is 24.3 Å². The van der Waals surface area contributed by atoms with Gasteiger partial charge in [0.25, 0.3) is 0 Å². The van der Waals surface area contributed by atoms with Crippen LogP contribution < -0.4 is 16.0 Å². The third kappa shape index (κ3) is 4.77. The molecule has 0 aliphatic carbocycles. The summed E-state index contributed by atoms with van der Waals surface area (Å²) in [6.07, 6.45) is -0.281. The number of amides is 3. The molecule has 3 N–H and O–H groups in total. The van der Waals surface area contributed by atoms with Gasteiger partial charge in [-0.25, -0.2) is 8.78 Å². The van der Waals surface area contributed by atoms with Gasteiger partial charge in [0, 0.05) is 6.07 Å². The molecule has 0 saturated carbocycles. The molecule has 29 heavy (non-hydrogen) atoms. The van der Waals surface area contributed by atoms with Crippen LogP contribution in [0.15, 0.2) is 42.5 Å². The van der Waals surface area contributed by atoms with Crippen LogP contribution in [0.25, 0.3) is 0 Å². The molecule has 0 bridgehead atoms. The molecule has 3 amide bonds. The maximum atomic E-state index is 13.2. The molecule has 1 aliphatic heterocycles. The van der Waals surface area contributed by atoms with Crippen molar-refractivity contribution in [3.8, 4) is 0 Å². The summed E-state index contributed by atoms with van der Waals surface area (Å²) < 4.78 is 26.5. The van der Waals surface area contributed by atoms with E-state index in [-0.39, 0.29) is 23.9 Å². The van der Waals surface area contributed by atoms with E-state index < -0.39 is 35.5 Å². The van der Waals surface area contributed by atoms with Crippen molar-refractivity contribution in [3.63, 3.8) is 0 Å². The molecule has 6 nitrogen and oxygen atoms in total. The third-order valence-corrected chi connectivity index (χ3v) is 4.74. The Labute approximate surface area is 166 Å². The molecule has 152 valence electrons. The number of carbonyl (C=O) groups is 3. The van der Waals surface area contributed by atoms with Crippen molar-refractivity contribution >= 4 is 17.7 Å². The Balaban J connectivity index is 1.64. The van der Waals surface area contributed by atoms with Crippen LogP contribution in [-0.4, -0.2) is 23.8 Å². The summed E-state index contributed by atoms with van der Waals surface area (Å²) in [6, 6.07) is 8.12. The largest absolute Gasteiger partial charge is 0.347 e. The van der Waals surface area contributed by atoms with E-state index in [4.69, 9.17) is 0 Å². The minimum absolute atomic E-state index is 0.155. The smallest absolute Gasteiger partial charge is 0.247 e. The minimum atomic E-state index is -0.944. The fraction of sp³-hybridized carbons (Fsp3) is 0.286. The van der Waals surface area contributed by atoms with Crippen LogP contribution in [0, 0.1) is 11.6 Å². The zero-order valence-electron chi connectivity index (χ0n) is 16.0. The lowest BCUT2D eigenvalue weighted by Crippen LogP contribution is -2.51. The van der Waals surface area contributed by atoms with E-state index in [2.05, 4.69) is 16.0 Å². The average Bonchev–Trinajstić information content (AvgIpc) is 2.63. The van der Waals surface area contributed by atoms with Crippen molar-refractivity contribution in [2.45, 2.75) is 38.4 Å². The first-order valence-corrected chi connectivity index (χ1v) is 9.18. The van der Waals surface area contributed by atoms with E-state index in [1.165, 1.54) is 6.92 Å². The Morgan fingerprint density at radius 1 is 1.10 bits per heavy atom. The van der Waals surface area contributed by atoms with Crippen LogP contribution in [0.5, 0.6) is 0 Å². The first-order valence-electron chi connectivity index (χ1n) is 9.18. The summed E-state index contributed by atoms with van der Waals surface area (Å²) in [6.45, 7) is 3.32. The van der Waals surface area contributed by atoms with Gasteiger partial charge in [-0.3, -0.25) is 14.4 Å². The summed E-state index contributed by atoms with van der Waals surface area (Å²) in [5.74, 6) is -3.02. The van der Waals surface area contributed by atoms with Crippen molar-refractivity contribution in [3.05, 3.63) is 70.8 Å². The number of carbonyl (C=O) groups excluding carboxylic acids is 3. The van der Waals surface area contributed by atoms with Crippen molar-refractivity contribution < 1.29 is 23.2 Å². The number of hydrogen-bond donors (Lipinski definition) is 3. The van der Waals surface area contributed by atoms with Gasteiger partial charge in [0.15, 0.2) is 0 Å². The summed E-state index contributed by atoms with van der Waals surface area (Å²) in [7, 11) is 0. The molecule has 3 rings (SSSR count). The van der Waals surface area contributed by atoms with Crippen molar-refractivity contribution in [1.82, 2.24) is 16.0 Å². The molecule has 1 aliphatic rings. The molecule has 0 radical (unpaired) electrons. The predicted molar refractivity (Wildman–Crippen MR) is 102 cm³/mol. The molecule has 3 atom stereocenters. The van der Waals surface area contributed by atoms with Crippen molar-refractivity contribution in [2.75, 3.05) is 0 Å². The lowest BCUT2D eigenvalue weighted by Gasteiger charge is -2.31. The maximum absolute atomic E-state index is 13.2. The van der Waals surface area contributed by atoms with E-state index in [1.54, 1.807) is 12.1 Å². The molecular weight excluding hydrogens is 380 g/mol. The predicted octanol–water partition coefficient (Wildman–Crippen LogP) is 2.06. The fourth-order valence-corrected chi connectivity index (χ4v) is 3.35. The van der Waals surface area contributed by atoms with Gasteiger partial charge in [0.2, 0.25) is 17.7 Å². The summed E-state index contributed by atoms with van der Waals surface area (Å²) in [4.78, 5) is 37.0. The first-order chi connectivity index (χ1) is 13.7. The second-order valence-corrected chi connectivity index (χ2v) is 7.04. The average molecular weight is 401 g/mol. The quantitative estimate of drug-likeness (QED) is 0.717. The Morgan fingerprint density at radius 2 is 1.72 bits per heavy atom. The van der Waals surface area contributed by atoms with E-state index in [9.17, 15) is 23.2 Å². The highest BCUT2D eigenvalue weighted by Gasteiger charge is 2.33. The molecule has 2 aromatic carbocycles. The molecule has 0 spiro atoms. The molecule has 2 aromatic rings. The highest BCUT2D eigenvalue weighted by Crippen LogP contribution is 2.29. The first kappa shape index (κ1) is 20.4. The fourth-order valence-electron chi connectivity index (χ4n) is 3.35. The summed E-state index contributed by atoms with van der Waals surface area (Å²) in [5.41, 5.74) is 1.76. The van der Waals surface area contributed by atoms with E-state index in [0.717, 1.165) is 17.7 Å². The van der Waals surface area contributed by atoms with E-state index >= 15 is 0 Å². The van der Waals surface area contributed by atoms with Crippen LogP contribution in [-0.2, 0) is 20.8 Å². The number of rotatable bonds is 5. The van der Waals surface area contributed by atoms with Gasteiger partial charge in [-0.15, -0.1) is 0 Å². The summed E-state index contributed by atoms with van der Waals surface area (Å²) >= 11 is 0. The zero-order chi connectivity index (χ0) is 21.1. The number of halogens is 2. The monoisotopic (exact) mass is 401 g/mol. The molecule has 3 unspecified atom stereocenters. The van der Waals surface area contributed by atoms with Gasteiger partial charge in [-0.05, 0) is 42.7 Å². The number of nitrogens with one attached hydrogen (secondary N) is 3. The highest BCUT2D eigenvalue weighted by molar-refractivity contribution is 5.93. The lowest BCUT2D eigenvalue weighted by molar-refractivity contribution is -0.132. The second kappa shape index (κ2) is 8.38. The second-order valence-electron chi connectivity index (χ2n) is 7.04. The standard InChI is InChI=1S/C21H21F2N3O3/c1-11-16-5-3-4-6-17(16)19(21(29)25-11)26-20(28)12(2)24-18(27)9-13-7-14(22)10-15(23)8-13/h3-8,10-12,19H,9H2,1-2H3,(H,24,27)(H,25,29)(H,26,28). The summed E-state index contributed by atoms with van der Waals surface area (Å²) in [5, 5.41) is 7.93. The van der Waals surface area contributed by atoms with Crippen LogP contribution in [0.3, 0.4) is 0 Å². The number of benzene rings is 2. The minimum Gasteiger partial charge on any atom is -0.347 e. The molecule has 0 saturated heterocycles. The molecule has 8 heteroatoms. The van der Waals surface area contributed by atoms with Crippen LogP contribution in [0.4, 0.5) is 8.78 Å². The Hall–Kier alpha value is -3.29. The SMILES string of the molecule is CC(NC(=O)Cc1cc(F)cc(F)c1)C(=O)NC1C(=O)NC(C)c2ccccc21. The third-order valence-electron chi connectivity index (χ3n) is 4.74. The van der Waals surface area contributed by atoms with E-state index in [0.29, 0.717) is 11.6 Å². The van der Waals surface area contributed by atoms with Crippen LogP contribution >= 0.6 is 0 Å². The van der Waals surface area contributed by atoms with Crippen LogP contribution in [0.2, 0.25) is 0 Å². The Bertz CT molecular complexity index is 944. The zero-order valence-corrected chi connectivity index (χ0v) is 16.0. The topological polar surface area (TPSA) is 87.3 Å². The van der Waals surface area contributed by atoms with Crippen molar-refractivity contribution in [1.29, 1.82) is 0 Å². The van der Waals surface area contributed by atoms with Gasteiger partial charge in [0.05, 0.1) is 12.5 Å². The normalized spacial score (nSPS) is 19.0. The van der Waals surface area contributed by atoms with Gasteiger partial charge >= 0.3 is 0 Å². The Kier molecular flexibility index (Phi) is 5.91. The molecule has 0 fully saturated rings. The number of hydrogen-bond acceptors (Lipinski definition) is 3. The molecular formula is C21H21F2N3O3. The van der Waals surface area contributed by atoms with Gasteiger partial charge in [-0.2, -0.15) is 0 Å². The molecule has 1 heterocycles. The van der Waals surface area contributed by atoms with Crippen molar-refractivity contribution in [2.24, 2.45) is 0 Å².